The molecule has 1 saturated heterocycles. The average Bonchev–Trinajstić information content (AvgIpc) is 3.22. The second-order valence-corrected chi connectivity index (χ2v) is 8.13. The van der Waals surface area contributed by atoms with Gasteiger partial charge in [-0.1, -0.05) is 6.58 Å². The first-order valence-corrected chi connectivity index (χ1v) is 10.5. The fourth-order valence-corrected chi connectivity index (χ4v) is 4.14. The molecule has 1 aliphatic heterocycles. The number of aromatic amines is 1. The zero-order valence-corrected chi connectivity index (χ0v) is 17.5. The van der Waals surface area contributed by atoms with E-state index < -0.39 is 0 Å². The van der Waals surface area contributed by atoms with Crippen LogP contribution in [0.2, 0.25) is 0 Å². The van der Waals surface area contributed by atoms with Gasteiger partial charge in [-0.3, -0.25) is 15.1 Å². The highest BCUT2D eigenvalue weighted by molar-refractivity contribution is 5.94. The lowest BCUT2D eigenvalue weighted by atomic mass is 10.0. The number of hydrogen-bond donors (Lipinski definition) is 2. The first-order valence-electron chi connectivity index (χ1n) is 10.5. The summed E-state index contributed by atoms with van der Waals surface area (Å²) < 4.78 is 0. The number of allylic oxidation sites excluding steroid dienone is 1. The zero-order chi connectivity index (χ0) is 21.4. The zero-order valence-electron chi connectivity index (χ0n) is 17.5. The van der Waals surface area contributed by atoms with Crippen molar-refractivity contribution in [2.24, 2.45) is 5.73 Å². The first-order chi connectivity index (χ1) is 15.1. The van der Waals surface area contributed by atoms with Crippen molar-refractivity contribution in [2.75, 3.05) is 18.0 Å². The number of pyridine rings is 3. The molecule has 0 radical (unpaired) electrons. The monoisotopic (exact) mass is 411 g/mol. The SMILES string of the molecule is C=C(C)c1ccc(-c2n[nH]c3cnc(-c4cccnc4)cc23)nc1N1CCC[C@H](N)C1. The number of fused-ring (bicyclic) bond motifs is 1. The van der Waals surface area contributed by atoms with E-state index in [0.717, 1.165) is 76.4 Å². The van der Waals surface area contributed by atoms with E-state index in [0.29, 0.717) is 0 Å². The molecule has 4 aromatic heterocycles. The van der Waals surface area contributed by atoms with Crippen LogP contribution in [0.3, 0.4) is 0 Å². The maximum absolute atomic E-state index is 6.25. The van der Waals surface area contributed by atoms with Crippen molar-refractivity contribution in [2.45, 2.75) is 25.8 Å². The highest BCUT2D eigenvalue weighted by atomic mass is 15.2. The van der Waals surface area contributed by atoms with Crippen LogP contribution in [0.1, 0.15) is 25.3 Å². The molecule has 0 spiro atoms. The Morgan fingerprint density at radius 2 is 2.13 bits per heavy atom. The predicted octanol–water partition coefficient (Wildman–Crippen LogP) is 4.04. The Hall–Kier alpha value is -3.58. The number of piperidine rings is 1. The van der Waals surface area contributed by atoms with Crippen LogP contribution in [-0.2, 0) is 0 Å². The van der Waals surface area contributed by atoms with E-state index in [4.69, 9.17) is 10.7 Å². The van der Waals surface area contributed by atoms with Crippen molar-refractivity contribution in [1.29, 1.82) is 0 Å². The van der Waals surface area contributed by atoms with Crippen LogP contribution in [0.15, 0.2) is 55.5 Å². The summed E-state index contributed by atoms with van der Waals surface area (Å²) in [6.45, 7) is 7.91. The first kappa shape index (κ1) is 19.4. The van der Waals surface area contributed by atoms with E-state index in [1.807, 2.05) is 37.4 Å². The van der Waals surface area contributed by atoms with Gasteiger partial charge in [-0.2, -0.15) is 5.10 Å². The Morgan fingerprint density at radius 3 is 2.90 bits per heavy atom. The molecular weight excluding hydrogens is 386 g/mol. The molecular formula is C24H25N7. The molecule has 0 aliphatic carbocycles. The van der Waals surface area contributed by atoms with Crippen LogP contribution in [-0.4, -0.2) is 44.3 Å². The molecule has 0 unspecified atom stereocenters. The second kappa shape index (κ2) is 7.92. The molecule has 1 fully saturated rings. The maximum Gasteiger partial charge on any atom is 0.136 e. The van der Waals surface area contributed by atoms with Gasteiger partial charge in [0.25, 0.3) is 0 Å². The Kier molecular flexibility index (Phi) is 4.95. The highest BCUT2D eigenvalue weighted by Gasteiger charge is 2.22. The molecule has 5 heterocycles. The normalized spacial score (nSPS) is 16.6. The lowest BCUT2D eigenvalue weighted by molar-refractivity contribution is 0.503. The molecule has 3 N–H and O–H groups in total. The summed E-state index contributed by atoms with van der Waals surface area (Å²) in [6, 6.07) is 10.2. The van der Waals surface area contributed by atoms with Gasteiger partial charge in [0.05, 0.1) is 23.1 Å². The van der Waals surface area contributed by atoms with E-state index in [9.17, 15) is 0 Å². The molecule has 31 heavy (non-hydrogen) atoms. The van der Waals surface area contributed by atoms with Gasteiger partial charge in [0.2, 0.25) is 0 Å². The van der Waals surface area contributed by atoms with Crippen molar-refractivity contribution in [1.82, 2.24) is 25.1 Å². The molecule has 5 rings (SSSR count). The highest BCUT2D eigenvalue weighted by Crippen LogP contribution is 2.33. The minimum absolute atomic E-state index is 0.163. The average molecular weight is 412 g/mol. The standard InChI is InChI=1S/C24H25N7/c1-15(2)18-7-8-20(28-24(18)31-10-4-6-17(25)14-31)23-19-11-21(16-5-3-9-26-12-16)27-13-22(19)29-30-23/h3,5,7-9,11-13,17H,1,4,6,10,14,25H2,2H3,(H,29,30)/t17-/m0/s1. The third-order valence-electron chi connectivity index (χ3n) is 5.74. The maximum atomic E-state index is 6.25. The number of anilines is 1. The number of nitrogens with one attached hydrogen (secondary N) is 1. The van der Waals surface area contributed by atoms with Crippen molar-refractivity contribution in [3.05, 3.63) is 61.1 Å². The minimum atomic E-state index is 0.163. The van der Waals surface area contributed by atoms with Gasteiger partial charge in [0, 0.05) is 48.0 Å². The van der Waals surface area contributed by atoms with E-state index in [1.165, 1.54) is 0 Å². The van der Waals surface area contributed by atoms with Crippen LogP contribution in [0, 0.1) is 0 Å². The minimum Gasteiger partial charge on any atom is -0.355 e. The quantitative estimate of drug-likeness (QED) is 0.526. The van der Waals surface area contributed by atoms with E-state index in [2.05, 4.69) is 37.7 Å². The lowest BCUT2D eigenvalue weighted by Gasteiger charge is -2.33. The molecule has 0 amide bonds. The number of aromatic nitrogens is 5. The third-order valence-corrected chi connectivity index (χ3v) is 5.74. The summed E-state index contributed by atoms with van der Waals surface area (Å²) >= 11 is 0. The Balaban J connectivity index is 1.61. The van der Waals surface area contributed by atoms with Gasteiger partial charge < -0.3 is 10.6 Å². The largest absolute Gasteiger partial charge is 0.355 e. The number of nitrogens with zero attached hydrogens (tertiary/aromatic N) is 5. The van der Waals surface area contributed by atoms with Crippen LogP contribution >= 0.6 is 0 Å². The van der Waals surface area contributed by atoms with Gasteiger partial charge in [-0.25, -0.2) is 4.98 Å². The van der Waals surface area contributed by atoms with Crippen molar-refractivity contribution in [3.63, 3.8) is 0 Å². The topological polar surface area (TPSA) is 96.6 Å². The van der Waals surface area contributed by atoms with Crippen LogP contribution in [0.4, 0.5) is 5.82 Å². The van der Waals surface area contributed by atoms with Gasteiger partial charge in [-0.15, -0.1) is 0 Å². The Bertz CT molecular complexity index is 1250. The van der Waals surface area contributed by atoms with E-state index in [-0.39, 0.29) is 6.04 Å². The van der Waals surface area contributed by atoms with Crippen LogP contribution < -0.4 is 10.6 Å². The summed E-state index contributed by atoms with van der Waals surface area (Å²) in [5, 5.41) is 8.63. The molecule has 1 atom stereocenters. The summed E-state index contributed by atoms with van der Waals surface area (Å²) in [6.07, 6.45) is 7.49. The lowest BCUT2D eigenvalue weighted by Crippen LogP contribution is -2.43. The molecule has 0 bridgehead atoms. The predicted molar refractivity (Wildman–Crippen MR) is 124 cm³/mol. The van der Waals surface area contributed by atoms with Crippen LogP contribution in [0.5, 0.6) is 0 Å². The summed E-state index contributed by atoms with van der Waals surface area (Å²) in [7, 11) is 0. The summed E-state index contributed by atoms with van der Waals surface area (Å²) in [5.41, 5.74) is 12.6. The second-order valence-electron chi connectivity index (χ2n) is 8.13. The number of hydrogen-bond acceptors (Lipinski definition) is 6. The fourth-order valence-electron chi connectivity index (χ4n) is 4.14. The number of H-pyrrole nitrogens is 1. The van der Waals surface area contributed by atoms with Gasteiger partial charge in [-0.05, 0) is 55.7 Å². The van der Waals surface area contributed by atoms with Gasteiger partial charge in [0.15, 0.2) is 0 Å². The van der Waals surface area contributed by atoms with E-state index >= 15 is 0 Å². The molecule has 0 saturated carbocycles. The van der Waals surface area contributed by atoms with E-state index in [1.54, 1.807) is 12.4 Å². The molecule has 7 heteroatoms. The molecule has 156 valence electrons. The molecule has 7 nitrogen and oxygen atoms in total. The van der Waals surface area contributed by atoms with Gasteiger partial charge in [0.1, 0.15) is 11.5 Å². The molecule has 1 aliphatic rings. The number of nitrogens with two attached hydrogens (primary N) is 1. The number of rotatable bonds is 4. The van der Waals surface area contributed by atoms with Gasteiger partial charge >= 0.3 is 0 Å². The molecule has 4 aromatic rings. The van der Waals surface area contributed by atoms with Crippen LogP contribution in [0.25, 0.3) is 39.1 Å². The summed E-state index contributed by atoms with van der Waals surface area (Å²) in [4.78, 5) is 16.1. The summed E-state index contributed by atoms with van der Waals surface area (Å²) in [5.74, 6) is 0.929. The molecule has 0 aromatic carbocycles. The Morgan fingerprint density at radius 1 is 1.23 bits per heavy atom. The fraction of sp³-hybridized carbons (Fsp3) is 0.250. The van der Waals surface area contributed by atoms with Crippen molar-refractivity contribution in [3.8, 4) is 22.6 Å². The smallest absolute Gasteiger partial charge is 0.136 e. The Labute approximate surface area is 181 Å². The third kappa shape index (κ3) is 3.68. The van der Waals surface area contributed by atoms with Crippen molar-refractivity contribution < 1.29 is 0 Å². The van der Waals surface area contributed by atoms with Crippen molar-refractivity contribution >= 4 is 22.3 Å².